The van der Waals surface area contributed by atoms with Crippen molar-refractivity contribution in [1.29, 1.82) is 0 Å². The number of benzene rings is 1. The highest BCUT2D eigenvalue weighted by Crippen LogP contribution is 2.21. The Morgan fingerprint density at radius 1 is 1.50 bits per heavy atom. The van der Waals surface area contributed by atoms with Gasteiger partial charge in [0.25, 0.3) is 0 Å². The minimum atomic E-state index is -3.66. The molecule has 0 heterocycles. The lowest BCUT2D eigenvalue weighted by Crippen LogP contribution is -2.32. The van der Waals surface area contributed by atoms with Crippen LogP contribution in [0.3, 0.4) is 0 Å². The molecule has 16 heavy (non-hydrogen) atoms. The van der Waals surface area contributed by atoms with Gasteiger partial charge in [0.2, 0.25) is 10.0 Å². The number of para-hydroxylation sites is 1. The lowest BCUT2D eigenvalue weighted by Gasteiger charge is -2.12. The van der Waals surface area contributed by atoms with E-state index in [0.717, 1.165) is 0 Å². The van der Waals surface area contributed by atoms with Gasteiger partial charge in [0.15, 0.2) is 0 Å². The normalized spacial score (nSPS) is 13.3. The fourth-order valence-corrected chi connectivity index (χ4v) is 2.66. The zero-order valence-electron chi connectivity index (χ0n) is 9.05. The van der Waals surface area contributed by atoms with Gasteiger partial charge >= 0.3 is 0 Å². The van der Waals surface area contributed by atoms with E-state index in [1.54, 1.807) is 25.1 Å². The Labute approximate surface area is 95.7 Å². The van der Waals surface area contributed by atoms with Crippen molar-refractivity contribution in [2.45, 2.75) is 24.3 Å². The summed E-state index contributed by atoms with van der Waals surface area (Å²) >= 11 is 0. The van der Waals surface area contributed by atoms with Crippen LogP contribution < -0.4 is 4.72 Å². The highest BCUT2D eigenvalue weighted by atomic mass is 32.2. The van der Waals surface area contributed by atoms with Gasteiger partial charge in [-0.25, -0.2) is 13.1 Å². The SMILES string of the molecule is C=CCC(C)NS(=O)(=O)c1ccccc1O. The summed E-state index contributed by atoms with van der Waals surface area (Å²) in [5.74, 6) is -0.249. The van der Waals surface area contributed by atoms with Crippen molar-refractivity contribution in [3.05, 3.63) is 36.9 Å². The van der Waals surface area contributed by atoms with E-state index < -0.39 is 10.0 Å². The van der Waals surface area contributed by atoms with Crippen LogP contribution in [-0.4, -0.2) is 19.6 Å². The summed E-state index contributed by atoms with van der Waals surface area (Å²) in [6.45, 7) is 5.27. The second-order valence-electron chi connectivity index (χ2n) is 3.51. The van der Waals surface area contributed by atoms with E-state index in [1.165, 1.54) is 12.1 Å². The summed E-state index contributed by atoms with van der Waals surface area (Å²) < 4.78 is 26.1. The number of hydrogen-bond donors (Lipinski definition) is 2. The molecule has 0 saturated carbocycles. The van der Waals surface area contributed by atoms with Gasteiger partial charge in [0.1, 0.15) is 10.6 Å². The summed E-state index contributed by atoms with van der Waals surface area (Å²) in [7, 11) is -3.66. The molecule has 0 bridgehead atoms. The third kappa shape index (κ3) is 3.08. The van der Waals surface area contributed by atoms with Crippen molar-refractivity contribution in [3.63, 3.8) is 0 Å². The maximum atomic E-state index is 11.8. The van der Waals surface area contributed by atoms with E-state index in [-0.39, 0.29) is 16.7 Å². The van der Waals surface area contributed by atoms with Crippen LogP contribution in [0, 0.1) is 0 Å². The third-order valence-corrected chi connectivity index (χ3v) is 3.67. The number of nitrogens with one attached hydrogen (secondary N) is 1. The highest BCUT2D eigenvalue weighted by molar-refractivity contribution is 7.89. The number of rotatable bonds is 5. The standard InChI is InChI=1S/C11H15NO3S/c1-3-6-9(2)12-16(14,15)11-8-5-4-7-10(11)13/h3-5,7-9,12-13H,1,6H2,2H3. The van der Waals surface area contributed by atoms with E-state index in [0.29, 0.717) is 6.42 Å². The molecule has 0 spiro atoms. The van der Waals surface area contributed by atoms with E-state index in [1.807, 2.05) is 0 Å². The molecule has 1 rings (SSSR count). The Kier molecular flexibility index (Phi) is 4.09. The van der Waals surface area contributed by atoms with Crippen molar-refractivity contribution >= 4 is 10.0 Å². The molecule has 0 radical (unpaired) electrons. The van der Waals surface area contributed by atoms with Crippen LogP contribution in [0.4, 0.5) is 0 Å². The van der Waals surface area contributed by atoms with Gasteiger partial charge in [0, 0.05) is 6.04 Å². The summed E-state index contributed by atoms with van der Waals surface area (Å²) in [4.78, 5) is -0.106. The Morgan fingerprint density at radius 2 is 2.12 bits per heavy atom. The molecule has 0 amide bonds. The maximum absolute atomic E-state index is 11.8. The van der Waals surface area contributed by atoms with E-state index >= 15 is 0 Å². The van der Waals surface area contributed by atoms with Gasteiger partial charge in [-0.2, -0.15) is 0 Å². The average Bonchev–Trinajstić information content (AvgIpc) is 2.17. The molecule has 5 heteroatoms. The molecule has 1 aromatic carbocycles. The minimum Gasteiger partial charge on any atom is -0.507 e. The molecule has 2 N–H and O–H groups in total. The van der Waals surface area contributed by atoms with E-state index in [9.17, 15) is 13.5 Å². The molecule has 0 aromatic heterocycles. The lowest BCUT2D eigenvalue weighted by molar-refractivity contribution is 0.457. The zero-order chi connectivity index (χ0) is 12.2. The van der Waals surface area contributed by atoms with Crippen molar-refractivity contribution in [2.75, 3.05) is 0 Å². The molecule has 1 atom stereocenters. The lowest BCUT2D eigenvalue weighted by atomic mass is 10.3. The molecule has 0 saturated heterocycles. The second-order valence-corrected chi connectivity index (χ2v) is 5.20. The summed E-state index contributed by atoms with van der Waals surface area (Å²) in [6.07, 6.45) is 2.17. The van der Waals surface area contributed by atoms with Gasteiger partial charge in [-0.3, -0.25) is 0 Å². The predicted molar refractivity (Wildman–Crippen MR) is 62.7 cm³/mol. The minimum absolute atomic E-state index is 0.106. The summed E-state index contributed by atoms with van der Waals surface area (Å²) in [6, 6.07) is 5.58. The van der Waals surface area contributed by atoms with Crippen LogP contribution in [0.5, 0.6) is 5.75 Å². The molecule has 0 aliphatic carbocycles. The van der Waals surface area contributed by atoms with Crippen molar-refractivity contribution in [2.24, 2.45) is 0 Å². The Bertz CT molecular complexity index is 468. The van der Waals surface area contributed by atoms with Crippen LogP contribution in [0.25, 0.3) is 0 Å². The van der Waals surface area contributed by atoms with Crippen LogP contribution in [0.15, 0.2) is 41.8 Å². The van der Waals surface area contributed by atoms with Crippen molar-refractivity contribution < 1.29 is 13.5 Å². The van der Waals surface area contributed by atoms with E-state index in [2.05, 4.69) is 11.3 Å². The Hall–Kier alpha value is -1.33. The fourth-order valence-electron chi connectivity index (χ4n) is 1.31. The third-order valence-electron chi connectivity index (χ3n) is 2.03. The molecule has 0 aliphatic heterocycles. The monoisotopic (exact) mass is 241 g/mol. The molecule has 88 valence electrons. The molecule has 4 nitrogen and oxygen atoms in total. The van der Waals surface area contributed by atoms with Crippen LogP contribution in [-0.2, 0) is 10.0 Å². The topological polar surface area (TPSA) is 66.4 Å². The first-order valence-electron chi connectivity index (χ1n) is 4.88. The first kappa shape index (κ1) is 12.7. The second kappa shape index (κ2) is 5.14. The van der Waals surface area contributed by atoms with Gasteiger partial charge < -0.3 is 5.11 Å². The molecular weight excluding hydrogens is 226 g/mol. The quantitative estimate of drug-likeness (QED) is 0.770. The summed E-state index contributed by atoms with van der Waals surface area (Å²) in [5.41, 5.74) is 0. The molecule has 0 fully saturated rings. The number of phenols is 1. The smallest absolute Gasteiger partial charge is 0.244 e. The van der Waals surface area contributed by atoms with Crippen LogP contribution in [0.1, 0.15) is 13.3 Å². The molecule has 0 aliphatic rings. The fraction of sp³-hybridized carbons (Fsp3) is 0.273. The average molecular weight is 241 g/mol. The van der Waals surface area contributed by atoms with Crippen molar-refractivity contribution in [1.82, 2.24) is 4.72 Å². The number of phenolic OH excluding ortho intramolecular Hbond substituents is 1. The van der Waals surface area contributed by atoms with Gasteiger partial charge in [-0.05, 0) is 25.5 Å². The number of sulfonamides is 1. The first-order chi connectivity index (χ1) is 7.47. The Morgan fingerprint density at radius 3 is 2.69 bits per heavy atom. The largest absolute Gasteiger partial charge is 0.507 e. The van der Waals surface area contributed by atoms with Crippen molar-refractivity contribution in [3.8, 4) is 5.75 Å². The molecule has 1 aromatic rings. The molecule has 1 unspecified atom stereocenters. The van der Waals surface area contributed by atoms with Gasteiger partial charge in [-0.1, -0.05) is 18.2 Å². The number of hydrogen-bond acceptors (Lipinski definition) is 3. The summed E-state index contributed by atoms with van der Waals surface area (Å²) in [5, 5.41) is 9.45. The number of aromatic hydroxyl groups is 1. The Balaban J connectivity index is 2.95. The van der Waals surface area contributed by atoms with E-state index in [4.69, 9.17) is 0 Å². The van der Waals surface area contributed by atoms with Gasteiger partial charge in [-0.15, -0.1) is 6.58 Å². The van der Waals surface area contributed by atoms with Crippen LogP contribution >= 0.6 is 0 Å². The van der Waals surface area contributed by atoms with Gasteiger partial charge in [0.05, 0.1) is 0 Å². The zero-order valence-corrected chi connectivity index (χ0v) is 9.87. The highest BCUT2D eigenvalue weighted by Gasteiger charge is 2.19. The predicted octanol–water partition coefficient (Wildman–Crippen LogP) is 1.64. The first-order valence-corrected chi connectivity index (χ1v) is 6.37. The van der Waals surface area contributed by atoms with Crippen LogP contribution in [0.2, 0.25) is 0 Å². The molecular formula is C11H15NO3S. The maximum Gasteiger partial charge on any atom is 0.244 e.